The van der Waals surface area contributed by atoms with Crippen LogP contribution in [0.4, 0.5) is 19.0 Å². The van der Waals surface area contributed by atoms with E-state index in [1.165, 1.54) is 0 Å². The number of rotatable bonds is 17. The van der Waals surface area contributed by atoms with Crippen molar-refractivity contribution in [2.75, 3.05) is 77.6 Å². The first-order valence-corrected chi connectivity index (χ1v) is 53.2. The van der Waals surface area contributed by atoms with Crippen molar-refractivity contribution in [3.8, 4) is 0 Å². The number of fused-ring (bicyclic) bond motifs is 5. The average Bonchev–Trinajstić information content (AvgIpc) is 1.57. The van der Waals surface area contributed by atoms with Crippen molar-refractivity contribution in [2.24, 2.45) is 0 Å². The lowest BCUT2D eigenvalue weighted by Crippen LogP contribution is -2.29. The van der Waals surface area contributed by atoms with Crippen LogP contribution in [0.15, 0.2) is 81.9 Å². The van der Waals surface area contributed by atoms with Crippen molar-refractivity contribution in [2.45, 2.75) is 289 Å². The number of thiazole rings is 5. The summed E-state index contributed by atoms with van der Waals surface area (Å²) in [4.78, 5) is 130. The van der Waals surface area contributed by atoms with E-state index in [9.17, 15) is 32.8 Å². The van der Waals surface area contributed by atoms with E-state index in [0.717, 1.165) is 225 Å². The topological polar surface area (TPSA) is 416 Å². The number of hydrogen-bond donors (Lipinski definition) is 5. The van der Waals surface area contributed by atoms with E-state index >= 15 is 0 Å². The molecular formula is C96H117F2N27O8S5. The second-order valence-corrected chi connectivity index (χ2v) is 44.8. The molecule has 3 aliphatic heterocycles. The van der Waals surface area contributed by atoms with Crippen molar-refractivity contribution in [3.63, 3.8) is 0 Å². The van der Waals surface area contributed by atoms with Crippen LogP contribution in [0.5, 0.6) is 0 Å². The highest BCUT2D eigenvalue weighted by Gasteiger charge is 2.45. The first-order valence-electron chi connectivity index (χ1n) is 48.8. The van der Waals surface area contributed by atoms with Crippen LogP contribution in [0.2, 0.25) is 0 Å². The third-order valence-corrected chi connectivity index (χ3v) is 34.9. The number of aromatic nitrogens is 25. The molecule has 10 atom stereocenters. The molecule has 7 saturated carbocycles. The predicted molar refractivity (Wildman–Crippen MR) is 529 cm³/mol. The highest BCUT2D eigenvalue weighted by molar-refractivity contribution is 7.14. The summed E-state index contributed by atoms with van der Waals surface area (Å²) < 4.78 is 54.3. The first-order chi connectivity index (χ1) is 66.8. The zero-order chi connectivity index (χ0) is 95.1. The minimum absolute atomic E-state index is 0.0897. The van der Waals surface area contributed by atoms with Gasteiger partial charge in [0.15, 0.2) is 38.5 Å². The van der Waals surface area contributed by atoms with Gasteiger partial charge in [-0.1, -0.05) is 0 Å². The number of nitrogens with zero attached hydrogens (tertiary/aromatic N) is 22. The Bertz CT molecular complexity index is 6640. The second-order valence-electron chi connectivity index (χ2n) is 39.9. The van der Waals surface area contributed by atoms with Crippen LogP contribution >= 0.6 is 56.7 Å². The summed E-state index contributed by atoms with van der Waals surface area (Å²) in [7, 11) is 7.97. The number of H-pyrrole nitrogens is 5. The van der Waals surface area contributed by atoms with Gasteiger partial charge in [-0.3, -0.25) is 24.0 Å². The van der Waals surface area contributed by atoms with Gasteiger partial charge in [0.1, 0.15) is 67.4 Å². The summed E-state index contributed by atoms with van der Waals surface area (Å²) in [5.74, 6) is 6.35. The number of ether oxygens (including phenoxy) is 3. The summed E-state index contributed by atoms with van der Waals surface area (Å²) in [6.07, 6.45) is 28.9. The van der Waals surface area contributed by atoms with Gasteiger partial charge < -0.3 is 48.9 Å². The molecular weight excluding hydrogens is 1860 g/mol. The van der Waals surface area contributed by atoms with Gasteiger partial charge in [-0.05, 0) is 189 Å². The molecule has 25 rings (SSSR count). The van der Waals surface area contributed by atoms with Gasteiger partial charge in [0.2, 0.25) is 0 Å². The van der Waals surface area contributed by atoms with Crippen molar-refractivity contribution in [1.29, 1.82) is 0 Å². The molecule has 15 aromatic heterocycles. The maximum atomic E-state index is 14.2. The fraction of sp³-hybridized carbons (Fsp3) is 0.583. The zero-order valence-corrected chi connectivity index (χ0v) is 83.1. The Morgan fingerprint density at radius 2 is 0.500 bits per heavy atom. The van der Waals surface area contributed by atoms with Gasteiger partial charge in [-0.25, -0.2) is 82.0 Å². The Labute approximate surface area is 812 Å². The highest BCUT2D eigenvalue weighted by atomic mass is 32.1. The lowest BCUT2D eigenvalue weighted by molar-refractivity contribution is 0.0672. The molecule has 18 heterocycles. The van der Waals surface area contributed by atoms with Gasteiger partial charge in [0, 0.05) is 154 Å². The Morgan fingerprint density at radius 3 is 0.688 bits per heavy atom. The van der Waals surface area contributed by atoms with Crippen molar-refractivity contribution < 1.29 is 23.0 Å². The first kappa shape index (κ1) is 93.5. The minimum Gasteiger partial charge on any atom is -0.381 e. The van der Waals surface area contributed by atoms with Crippen LogP contribution in [-0.4, -0.2) is 203 Å². The van der Waals surface area contributed by atoms with Gasteiger partial charge in [0.25, 0.3) is 27.8 Å². The van der Waals surface area contributed by atoms with Gasteiger partial charge in [-0.15, -0.1) is 56.7 Å². The third-order valence-electron chi connectivity index (χ3n) is 30.4. The molecule has 42 heteroatoms. The summed E-state index contributed by atoms with van der Waals surface area (Å²) in [5, 5.41) is 40.9. The Morgan fingerprint density at radius 1 is 0.297 bits per heavy atom. The molecule has 5 N–H and O–H groups in total. The second kappa shape index (κ2) is 39.0. The molecule has 3 unspecified atom stereocenters. The number of anilines is 2. The van der Waals surface area contributed by atoms with E-state index in [2.05, 4.69) is 92.3 Å². The molecule has 3 saturated heterocycles. The fourth-order valence-electron chi connectivity index (χ4n) is 21.5. The largest absolute Gasteiger partial charge is 0.381 e. The van der Waals surface area contributed by atoms with Crippen LogP contribution in [0.1, 0.15) is 330 Å². The Hall–Kier alpha value is -10.8. The SMILES string of the molecule is CN(C)c1nc(C2CCC2c2nc3c(cnn3C3CCC(C)(F)CC3)c(=O)[nH]2)cs1.CN(C)c1nc([C@@H]2CC[C@H]2c2nc3c(cnn3C3CCC(C)(F)CC3)c(=O)[nH]2)cs1.Cc1nc([C@@H]2CC[C@@H]2c2nc3c(cnn3C3CCOCC3)c(=O)[nH]2)cs1.Cc1nc([C@H]2CCC2c2nc3c(cnn3C3CCOCC3)c(=O)[nH]2)cs1.Cc1nc([C@H]2CC[C@H]2c2nc3c(cnn3C3CCOCC3)c(=O)[nH]2)cs1. The third kappa shape index (κ3) is 18.9. The highest BCUT2D eigenvalue weighted by Crippen LogP contribution is 2.54. The molecule has 0 bridgehead atoms. The lowest BCUT2D eigenvalue weighted by atomic mass is 9.71. The van der Waals surface area contributed by atoms with E-state index in [1.807, 2.05) is 82.2 Å². The summed E-state index contributed by atoms with van der Waals surface area (Å²) >= 11 is 8.31. The molecule has 0 amide bonds. The van der Waals surface area contributed by atoms with Crippen LogP contribution < -0.4 is 37.6 Å². The number of hydrogen-bond acceptors (Lipinski definition) is 30. The van der Waals surface area contributed by atoms with Crippen LogP contribution in [-0.2, 0) is 14.2 Å². The standard InChI is InChI=1S/2C21H27FN6OS.3C18H21N5O2S/c2*1-21(22)8-6-12(7-9-21)28-18-15(10-23-28)19(29)26-17(25-18)14-5-4-13(14)16-11-30-20(24-16)27(2)3;3*1-10-20-15(9-26-10)12-2-3-13(12)16-21-17-14(18(24)22-16)8-19-23(17)11-4-6-25-7-5-11/h2*10-14H,4-9H2,1-3H3,(H,25,26,29);3*8-9,11-13H,2-7H2,1H3,(H,21,22,24)/t12?,13-,14-,21?;;12-,13?;2*12-,13+/m1.010/s1. The van der Waals surface area contributed by atoms with Crippen molar-refractivity contribution in [1.82, 2.24) is 124 Å². The molecule has 138 heavy (non-hydrogen) atoms. The van der Waals surface area contributed by atoms with Gasteiger partial charge in [0.05, 0.1) is 105 Å². The van der Waals surface area contributed by atoms with E-state index in [0.29, 0.717) is 124 Å². The van der Waals surface area contributed by atoms with E-state index in [-0.39, 0.29) is 99.4 Å². The van der Waals surface area contributed by atoms with E-state index in [1.54, 1.807) is 102 Å². The summed E-state index contributed by atoms with van der Waals surface area (Å²) in [5.41, 5.74) is 6.11. The number of aryl methyl sites for hydroxylation is 3. The molecule has 0 aromatic carbocycles. The molecule has 35 nitrogen and oxygen atoms in total. The maximum absolute atomic E-state index is 14.2. The maximum Gasteiger partial charge on any atom is 0.262 e. The van der Waals surface area contributed by atoms with Crippen LogP contribution in [0, 0.1) is 20.8 Å². The normalized spacial score (nSPS) is 26.3. The number of nitrogens with one attached hydrogen (secondary N) is 5. The quantitative estimate of drug-likeness (QED) is 0.0565. The molecule has 15 aromatic rings. The van der Waals surface area contributed by atoms with Crippen LogP contribution in [0.25, 0.3) is 55.2 Å². The molecule has 7 aliphatic carbocycles. The predicted octanol–water partition coefficient (Wildman–Crippen LogP) is 17.0. The minimum atomic E-state index is -1.10. The van der Waals surface area contributed by atoms with Gasteiger partial charge >= 0.3 is 0 Å². The zero-order valence-electron chi connectivity index (χ0n) is 79.0. The Kier molecular flexibility index (Phi) is 26.5. The molecule has 10 fully saturated rings. The molecule has 0 spiro atoms. The van der Waals surface area contributed by atoms with Crippen molar-refractivity contribution >= 4 is 122 Å². The van der Waals surface area contributed by atoms with Gasteiger partial charge in [-0.2, -0.15) is 25.5 Å². The smallest absolute Gasteiger partial charge is 0.262 e. The van der Waals surface area contributed by atoms with E-state index in [4.69, 9.17) is 49.1 Å². The fourth-order valence-corrected chi connectivity index (χ4v) is 25.2. The number of alkyl halides is 2. The average molecular weight is 1980 g/mol. The summed E-state index contributed by atoms with van der Waals surface area (Å²) in [6.45, 7) is 13.8. The number of aromatic amines is 5. The Balaban J connectivity index is 0.000000103. The molecule has 0 radical (unpaired) electrons. The molecule has 728 valence electrons. The summed E-state index contributed by atoms with van der Waals surface area (Å²) in [6, 6.07) is 0.934. The monoisotopic (exact) mass is 1970 g/mol. The van der Waals surface area contributed by atoms with E-state index < -0.39 is 11.3 Å². The van der Waals surface area contributed by atoms with Crippen LogP contribution in [0.3, 0.4) is 0 Å². The van der Waals surface area contributed by atoms with Crippen molar-refractivity contribution in [3.05, 3.63) is 182 Å². The lowest BCUT2D eigenvalue weighted by Gasteiger charge is -2.34. The molecule has 10 aliphatic rings. The number of halogens is 2.